The third-order valence-corrected chi connectivity index (χ3v) is 4.55. The topological polar surface area (TPSA) is 95.2 Å². The number of hydrogen-bond donors (Lipinski definition) is 1. The average molecular weight is 367 g/mol. The zero-order chi connectivity index (χ0) is 16.3. The maximum Gasteiger partial charge on any atom is 0.285 e. The second kappa shape index (κ2) is 7.52. The fourth-order valence-corrected chi connectivity index (χ4v) is 3.38. The van der Waals surface area contributed by atoms with Crippen LogP contribution in [-0.4, -0.2) is 48.7 Å². The van der Waals surface area contributed by atoms with E-state index in [2.05, 4.69) is 14.5 Å². The minimum Gasteiger partial charge on any atom is -0.394 e. The van der Waals surface area contributed by atoms with Gasteiger partial charge < -0.3 is 5.11 Å². The van der Waals surface area contributed by atoms with Crippen LogP contribution >= 0.6 is 12.4 Å². The SMILES string of the molecule is Cl.O=S1(=O)N=C(N(CCO)N=Cc2ccncc2)c2ccccc21. The summed E-state index contributed by atoms with van der Waals surface area (Å²) in [7, 11) is -3.72. The molecule has 0 aliphatic carbocycles. The van der Waals surface area contributed by atoms with Crippen LogP contribution in [-0.2, 0) is 10.0 Å². The molecule has 0 bridgehead atoms. The van der Waals surface area contributed by atoms with Crippen LogP contribution in [0.1, 0.15) is 11.1 Å². The summed E-state index contributed by atoms with van der Waals surface area (Å²) >= 11 is 0. The van der Waals surface area contributed by atoms with Gasteiger partial charge in [0.15, 0.2) is 5.84 Å². The lowest BCUT2D eigenvalue weighted by atomic mass is 10.2. The number of rotatable bonds is 4. The number of hydrogen-bond acceptors (Lipinski definition) is 6. The Morgan fingerprint density at radius 1 is 1.17 bits per heavy atom. The Labute approximate surface area is 145 Å². The first-order chi connectivity index (χ1) is 11.1. The summed E-state index contributed by atoms with van der Waals surface area (Å²) in [5, 5.41) is 14.9. The smallest absolute Gasteiger partial charge is 0.285 e. The summed E-state index contributed by atoms with van der Waals surface area (Å²) in [6.07, 6.45) is 4.82. The van der Waals surface area contributed by atoms with Crippen molar-refractivity contribution in [1.82, 2.24) is 9.99 Å². The number of aliphatic hydroxyl groups is 1. The predicted octanol–water partition coefficient (Wildman–Crippen LogP) is 1.28. The van der Waals surface area contributed by atoms with Crippen LogP contribution < -0.4 is 0 Å². The number of hydrazone groups is 1. The van der Waals surface area contributed by atoms with Crippen molar-refractivity contribution in [3.05, 3.63) is 59.9 Å². The van der Waals surface area contributed by atoms with Crippen LogP contribution in [0.25, 0.3) is 0 Å². The molecule has 0 amide bonds. The predicted molar refractivity (Wildman–Crippen MR) is 93.0 cm³/mol. The van der Waals surface area contributed by atoms with Crippen molar-refractivity contribution in [3.63, 3.8) is 0 Å². The zero-order valence-electron chi connectivity index (χ0n) is 12.5. The third kappa shape index (κ3) is 3.61. The standard InChI is InChI=1S/C15H14N4O3S.ClH/c20-10-9-19(17-11-12-5-7-16-8-6-12)15-13-3-1-2-4-14(13)23(21,22)18-15;/h1-8,11,20H,9-10H2;1H. The van der Waals surface area contributed by atoms with Gasteiger partial charge in [-0.05, 0) is 29.8 Å². The lowest BCUT2D eigenvalue weighted by molar-refractivity contribution is 0.254. The summed E-state index contributed by atoms with van der Waals surface area (Å²) in [6, 6.07) is 10.1. The molecule has 7 nitrogen and oxygen atoms in total. The molecule has 1 N–H and O–H groups in total. The number of fused-ring (bicyclic) bond motifs is 1. The van der Waals surface area contributed by atoms with E-state index in [1.807, 2.05) is 0 Å². The highest BCUT2D eigenvalue weighted by molar-refractivity contribution is 7.90. The number of halogens is 1. The maximum absolute atomic E-state index is 12.1. The average Bonchev–Trinajstić information content (AvgIpc) is 2.84. The highest BCUT2D eigenvalue weighted by atomic mass is 35.5. The molecule has 9 heteroatoms. The molecule has 0 saturated carbocycles. The van der Waals surface area contributed by atoms with Gasteiger partial charge in [-0.1, -0.05) is 12.1 Å². The molecule has 1 aromatic heterocycles. The first-order valence-electron chi connectivity index (χ1n) is 6.88. The van der Waals surface area contributed by atoms with Gasteiger partial charge in [-0.2, -0.15) is 13.5 Å². The van der Waals surface area contributed by atoms with Gasteiger partial charge in [-0.25, -0.2) is 5.01 Å². The number of nitrogens with zero attached hydrogens (tertiary/aromatic N) is 4. The molecule has 0 atom stereocenters. The number of aliphatic hydroxyl groups excluding tert-OH is 1. The summed E-state index contributed by atoms with van der Waals surface area (Å²) < 4.78 is 28.0. The first kappa shape index (κ1) is 18.1. The molecular weight excluding hydrogens is 352 g/mol. The van der Waals surface area contributed by atoms with Gasteiger partial charge in [0.05, 0.1) is 19.4 Å². The van der Waals surface area contributed by atoms with Gasteiger partial charge in [0.25, 0.3) is 10.0 Å². The molecule has 2 heterocycles. The van der Waals surface area contributed by atoms with E-state index in [9.17, 15) is 13.5 Å². The normalized spacial score (nSPS) is 14.8. The second-order valence-corrected chi connectivity index (χ2v) is 6.33. The van der Waals surface area contributed by atoms with Crippen molar-refractivity contribution in [1.29, 1.82) is 0 Å². The molecule has 3 rings (SSSR count). The second-order valence-electron chi connectivity index (χ2n) is 4.76. The van der Waals surface area contributed by atoms with Gasteiger partial charge >= 0.3 is 0 Å². The Kier molecular flexibility index (Phi) is 5.66. The van der Waals surface area contributed by atoms with Crippen molar-refractivity contribution in [3.8, 4) is 0 Å². The summed E-state index contributed by atoms with van der Waals surface area (Å²) in [6.45, 7) is -0.0564. The largest absolute Gasteiger partial charge is 0.394 e. The molecular formula is C15H15ClN4O3S. The van der Waals surface area contributed by atoms with Crippen molar-refractivity contribution in [2.75, 3.05) is 13.2 Å². The molecule has 2 aromatic rings. The minimum atomic E-state index is -3.72. The van der Waals surface area contributed by atoms with Gasteiger partial charge in [0.2, 0.25) is 0 Å². The third-order valence-electron chi connectivity index (χ3n) is 3.22. The number of aromatic nitrogens is 1. The lowest BCUT2D eigenvalue weighted by Gasteiger charge is -2.17. The van der Waals surface area contributed by atoms with E-state index in [4.69, 9.17) is 0 Å². The van der Waals surface area contributed by atoms with E-state index in [-0.39, 0.29) is 36.3 Å². The monoisotopic (exact) mass is 366 g/mol. The van der Waals surface area contributed by atoms with E-state index < -0.39 is 10.0 Å². The molecule has 1 aliphatic rings. The fraction of sp³-hybridized carbons (Fsp3) is 0.133. The molecule has 126 valence electrons. The van der Waals surface area contributed by atoms with Gasteiger partial charge in [0.1, 0.15) is 4.90 Å². The van der Waals surface area contributed by atoms with E-state index >= 15 is 0 Å². The number of benzene rings is 1. The minimum absolute atomic E-state index is 0. The molecule has 0 radical (unpaired) electrons. The van der Waals surface area contributed by atoms with E-state index in [0.717, 1.165) is 5.56 Å². The van der Waals surface area contributed by atoms with Crippen molar-refractivity contribution in [2.24, 2.45) is 9.50 Å². The molecule has 0 spiro atoms. The van der Waals surface area contributed by atoms with Crippen LogP contribution in [0, 0.1) is 0 Å². The Morgan fingerprint density at radius 2 is 1.88 bits per heavy atom. The highest BCUT2D eigenvalue weighted by Crippen LogP contribution is 2.27. The molecule has 24 heavy (non-hydrogen) atoms. The Balaban J connectivity index is 0.00000208. The van der Waals surface area contributed by atoms with Gasteiger partial charge in [-0.3, -0.25) is 4.98 Å². The zero-order valence-corrected chi connectivity index (χ0v) is 14.1. The maximum atomic E-state index is 12.1. The van der Waals surface area contributed by atoms with Gasteiger partial charge in [0, 0.05) is 18.0 Å². The molecule has 1 aromatic carbocycles. The summed E-state index contributed by atoms with van der Waals surface area (Å²) in [4.78, 5) is 4.07. The number of amidine groups is 1. The number of pyridine rings is 1. The van der Waals surface area contributed by atoms with Crippen molar-refractivity contribution < 1.29 is 13.5 Å². The van der Waals surface area contributed by atoms with Gasteiger partial charge in [-0.15, -0.1) is 16.8 Å². The Hall–Kier alpha value is -2.29. The summed E-state index contributed by atoms with van der Waals surface area (Å²) in [5.74, 6) is 0.208. The fourth-order valence-electron chi connectivity index (χ4n) is 2.17. The van der Waals surface area contributed by atoms with E-state index in [0.29, 0.717) is 5.56 Å². The highest BCUT2D eigenvalue weighted by Gasteiger charge is 2.31. The van der Waals surface area contributed by atoms with E-state index in [1.165, 1.54) is 11.1 Å². The molecule has 0 saturated heterocycles. The Morgan fingerprint density at radius 3 is 2.58 bits per heavy atom. The van der Waals surface area contributed by atoms with Crippen LogP contribution in [0.2, 0.25) is 0 Å². The van der Waals surface area contributed by atoms with Crippen LogP contribution in [0.5, 0.6) is 0 Å². The van der Waals surface area contributed by atoms with Crippen molar-refractivity contribution >= 4 is 34.5 Å². The first-order valence-corrected chi connectivity index (χ1v) is 8.32. The Bertz CT molecular complexity index is 869. The summed E-state index contributed by atoms with van der Waals surface area (Å²) in [5.41, 5.74) is 1.28. The van der Waals surface area contributed by atoms with Crippen LogP contribution in [0.3, 0.4) is 0 Å². The number of sulfonamides is 1. The quantitative estimate of drug-likeness (QED) is 0.649. The van der Waals surface area contributed by atoms with Crippen molar-refractivity contribution in [2.45, 2.75) is 4.90 Å². The lowest BCUT2D eigenvalue weighted by Crippen LogP contribution is -2.28. The van der Waals surface area contributed by atoms with Crippen LogP contribution in [0.15, 0.2) is 63.2 Å². The van der Waals surface area contributed by atoms with E-state index in [1.54, 1.807) is 48.9 Å². The molecule has 1 aliphatic heterocycles. The van der Waals surface area contributed by atoms with Crippen LogP contribution in [0.4, 0.5) is 0 Å². The molecule has 0 unspecified atom stereocenters. The molecule has 0 fully saturated rings.